The van der Waals surface area contributed by atoms with Crippen LogP contribution >= 0.6 is 11.3 Å². The first-order chi connectivity index (χ1) is 12.6. The van der Waals surface area contributed by atoms with Crippen molar-refractivity contribution in [2.75, 3.05) is 26.2 Å². The zero-order valence-electron chi connectivity index (χ0n) is 15.9. The minimum Gasteiger partial charge on any atom is -0.347 e. The summed E-state index contributed by atoms with van der Waals surface area (Å²) in [5.74, 6) is 0.913. The molecule has 0 spiro atoms. The molecule has 1 saturated carbocycles. The Morgan fingerprint density at radius 1 is 1.27 bits per heavy atom. The summed E-state index contributed by atoms with van der Waals surface area (Å²) in [6, 6.07) is 3.71. The van der Waals surface area contributed by atoms with E-state index in [-0.39, 0.29) is 23.9 Å². The smallest absolute Gasteiger partial charge is 0.261 e. The highest BCUT2D eigenvalue weighted by molar-refractivity contribution is 7.12. The highest BCUT2D eigenvalue weighted by Crippen LogP contribution is 2.29. The lowest BCUT2D eigenvalue weighted by Gasteiger charge is -2.30. The van der Waals surface area contributed by atoms with Gasteiger partial charge in [0.2, 0.25) is 5.91 Å². The molecule has 0 aromatic carbocycles. The summed E-state index contributed by atoms with van der Waals surface area (Å²) >= 11 is 1.46. The standard InChI is InChI=1S/C20H31N3O2S/c1-3-22(4-2)20(25)17-12-16(21-19(24)18-10-7-11-26-18)14-23(17)13-15-8-5-6-9-15/h7,10-11,15-17H,3-6,8-9,12-14H2,1-2H3,(H,21,24)/t16-,17+/m1/s1. The van der Waals surface area contributed by atoms with Gasteiger partial charge in [-0.1, -0.05) is 18.9 Å². The van der Waals surface area contributed by atoms with Gasteiger partial charge >= 0.3 is 0 Å². The molecule has 0 radical (unpaired) electrons. The molecule has 1 aliphatic carbocycles. The van der Waals surface area contributed by atoms with Gasteiger partial charge < -0.3 is 10.2 Å². The maximum Gasteiger partial charge on any atom is 0.261 e. The lowest BCUT2D eigenvalue weighted by Crippen LogP contribution is -2.46. The Labute approximate surface area is 160 Å². The average Bonchev–Trinajstić information content (AvgIpc) is 3.38. The summed E-state index contributed by atoms with van der Waals surface area (Å²) in [4.78, 5) is 30.5. The molecule has 6 heteroatoms. The third-order valence-corrected chi connectivity index (χ3v) is 6.68. The van der Waals surface area contributed by atoms with Crippen LogP contribution in [-0.2, 0) is 4.79 Å². The SMILES string of the molecule is CCN(CC)C(=O)[C@@H]1C[C@@H](NC(=O)c2cccs2)CN1CC1CCCC1. The third-order valence-electron chi connectivity index (χ3n) is 5.81. The number of carbonyl (C=O) groups is 2. The molecule has 1 aromatic heterocycles. The summed E-state index contributed by atoms with van der Waals surface area (Å²) in [5, 5.41) is 5.07. The number of nitrogens with one attached hydrogen (secondary N) is 1. The normalized spacial score (nSPS) is 24.1. The van der Waals surface area contributed by atoms with Gasteiger partial charge in [-0.2, -0.15) is 0 Å². The largest absolute Gasteiger partial charge is 0.347 e. The summed E-state index contributed by atoms with van der Waals surface area (Å²) < 4.78 is 0. The fraction of sp³-hybridized carbons (Fsp3) is 0.700. The highest BCUT2D eigenvalue weighted by atomic mass is 32.1. The molecular formula is C20H31N3O2S. The predicted octanol–water partition coefficient (Wildman–Crippen LogP) is 2.98. The van der Waals surface area contributed by atoms with Crippen LogP contribution in [-0.4, -0.2) is 59.9 Å². The molecule has 0 bridgehead atoms. The molecule has 2 aliphatic rings. The van der Waals surface area contributed by atoms with Crippen LogP contribution in [0, 0.1) is 5.92 Å². The summed E-state index contributed by atoms with van der Waals surface area (Å²) in [7, 11) is 0. The quantitative estimate of drug-likeness (QED) is 0.795. The van der Waals surface area contributed by atoms with Crippen molar-refractivity contribution in [3.63, 3.8) is 0 Å². The molecule has 3 rings (SSSR count). The van der Waals surface area contributed by atoms with E-state index >= 15 is 0 Å². The topological polar surface area (TPSA) is 52.7 Å². The van der Waals surface area contributed by atoms with Gasteiger partial charge in [0.1, 0.15) is 0 Å². The summed E-state index contributed by atoms with van der Waals surface area (Å²) in [5.41, 5.74) is 0. The molecule has 5 nitrogen and oxygen atoms in total. The first-order valence-electron chi connectivity index (χ1n) is 9.99. The second kappa shape index (κ2) is 9.00. The molecule has 2 atom stereocenters. The predicted molar refractivity (Wildman–Crippen MR) is 105 cm³/mol. The van der Waals surface area contributed by atoms with E-state index in [1.807, 2.05) is 36.3 Å². The number of thiophene rings is 1. The van der Waals surface area contributed by atoms with E-state index in [9.17, 15) is 9.59 Å². The van der Waals surface area contributed by atoms with Gasteiger partial charge in [-0.25, -0.2) is 0 Å². The Kier molecular flexibility index (Phi) is 6.70. The fourth-order valence-electron chi connectivity index (χ4n) is 4.40. The number of likely N-dealkylation sites (N-methyl/N-ethyl adjacent to an activating group) is 1. The lowest BCUT2D eigenvalue weighted by atomic mass is 10.1. The van der Waals surface area contributed by atoms with Gasteiger partial charge in [0.25, 0.3) is 5.91 Å². The maximum atomic E-state index is 13.0. The lowest BCUT2D eigenvalue weighted by molar-refractivity contribution is -0.135. The van der Waals surface area contributed by atoms with Crippen molar-refractivity contribution in [3.05, 3.63) is 22.4 Å². The Hall–Kier alpha value is -1.40. The monoisotopic (exact) mass is 377 g/mol. The number of carbonyl (C=O) groups excluding carboxylic acids is 2. The third kappa shape index (κ3) is 4.46. The average molecular weight is 378 g/mol. The van der Waals surface area contributed by atoms with Crippen molar-refractivity contribution in [3.8, 4) is 0 Å². The van der Waals surface area contributed by atoms with Gasteiger partial charge in [-0.3, -0.25) is 14.5 Å². The molecule has 1 N–H and O–H groups in total. The molecule has 2 fully saturated rings. The number of hydrogen-bond donors (Lipinski definition) is 1. The number of nitrogens with zero attached hydrogens (tertiary/aromatic N) is 2. The summed E-state index contributed by atoms with van der Waals surface area (Å²) in [6.45, 7) is 7.33. The zero-order valence-corrected chi connectivity index (χ0v) is 16.8. The van der Waals surface area contributed by atoms with Crippen LogP contribution in [0.15, 0.2) is 17.5 Å². The Morgan fingerprint density at radius 3 is 2.62 bits per heavy atom. The molecule has 26 heavy (non-hydrogen) atoms. The van der Waals surface area contributed by atoms with E-state index < -0.39 is 0 Å². The van der Waals surface area contributed by atoms with Crippen LogP contribution in [0.1, 0.15) is 55.6 Å². The molecular weight excluding hydrogens is 346 g/mol. The molecule has 144 valence electrons. The van der Waals surface area contributed by atoms with Crippen LogP contribution < -0.4 is 5.32 Å². The Bertz CT molecular complexity index is 594. The zero-order chi connectivity index (χ0) is 18.5. The number of likely N-dealkylation sites (tertiary alicyclic amines) is 1. The molecule has 2 amide bonds. The number of amides is 2. The molecule has 1 aliphatic heterocycles. The van der Waals surface area contributed by atoms with E-state index in [0.717, 1.165) is 37.5 Å². The maximum absolute atomic E-state index is 13.0. The first kappa shape index (κ1) is 19.4. The van der Waals surface area contributed by atoms with Crippen molar-refractivity contribution >= 4 is 23.2 Å². The van der Waals surface area contributed by atoms with Crippen molar-refractivity contribution in [2.24, 2.45) is 5.92 Å². The van der Waals surface area contributed by atoms with Crippen molar-refractivity contribution in [1.29, 1.82) is 0 Å². The minimum absolute atomic E-state index is 0.0123. The van der Waals surface area contributed by atoms with Gasteiger partial charge in [-0.05, 0) is 50.5 Å². The molecule has 1 aromatic rings. The van der Waals surface area contributed by atoms with Gasteiger partial charge in [0, 0.05) is 32.2 Å². The molecule has 1 saturated heterocycles. The van der Waals surface area contributed by atoms with E-state index in [2.05, 4.69) is 10.2 Å². The van der Waals surface area contributed by atoms with Gasteiger partial charge in [0.05, 0.1) is 10.9 Å². The van der Waals surface area contributed by atoms with E-state index in [4.69, 9.17) is 0 Å². The Balaban J connectivity index is 1.67. The van der Waals surface area contributed by atoms with Gasteiger partial charge in [0.15, 0.2) is 0 Å². The molecule has 0 unspecified atom stereocenters. The first-order valence-corrected chi connectivity index (χ1v) is 10.9. The van der Waals surface area contributed by atoms with Crippen molar-refractivity contribution in [1.82, 2.24) is 15.1 Å². The Morgan fingerprint density at radius 2 is 2.00 bits per heavy atom. The molecule has 2 heterocycles. The fourth-order valence-corrected chi connectivity index (χ4v) is 5.03. The second-order valence-corrected chi connectivity index (χ2v) is 8.46. The van der Waals surface area contributed by atoms with Crippen molar-refractivity contribution in [2.45, 2.75) is 58.0 Å². The highest BCUT2D eigenvalue weighted by Gasteiger charge is 2.40. The van der Waals surface area contributed by atoms with E-state index in [1.165, 1.54) is 37.0 Å². The van der Waals surface area contributed by atoms with E-state index in [0.29, 0.717) is 5.92 Å². The van der Waals surface area contributed by atoms with Crippen LogP contribution in [0.4, 0.5) is 0 Å². The van der Waals surface area contributed by atoms with Crippen LogP contribution in [0.5, 0.6) is 0 Å². The second-order valence-electron chi connectivity index (χ2n) is 7.51. The number of hydrogen-bond acceptors (Lipinski definition) is 4. The summed E-state index contributed by atoms with van der Waals surface area (Å²) in [6.07, 6.45) is 5.89. The van der Waals surface area contributed by atoms with Crippen LogP contribution in [0.25, 0.3) is 0 Å². The van der Waals surface area contributed by atoms with Crippen LogP contribution in [0.2, 0.25) is 0 Å². The van der Waals surface area contributed by atoms with Crippen LogP contribution in [0.3, 0.4) is 0 Å². The van der Waals surface area contributed by atoms with Gasteiger partial charge in [-0.15, -0.1) is 11.3 Å². The minimum atomic E-state index is -0.0934. The number of rotatable bonds is 7. The van der Waals surface area contributed by atoms with Crippen molar-refractivity contribution < 1.29 is 9.59 Å². The van der Waals surface area contributed by atoms with E-state index in [1.54, 1.807) is 0 Å².